The first kappa shape index (κ1) is 22.1. The zero-order valence-electron chi connectivity index (χ0n) is 18.0. The maximum atomic E-state index is 14.3. The number of likely N-dealkylation sites (tertiary alicyclic amines) is 1. The molecule has 30 heavy (non-hydrogen) atoms. The summed E-state index contributed by atoms with van der Waals surface area (Å²) >= 11 is 0. The molecule has 3 rings (SSSR count). The lowest BCUT2D eigenvalue weighted by Crippen LogP contribution is -2.49. The summed E-state index contributed by atoms with van der Waals surface area (Å²) in [5, 5.41) is 2.85. The Kier molecular flexibility index (Phi) is 6.33. The van der Waals surface area contributed by atoms with Crippen LogP contribution < -0.4 is 10.2 Å². The lowest BCUT2D eigenvalue weighted by atomic mass is 10.0. The number of rotatable bonds is 3. The second-order valence-electron chi connectivity index (χ2n) is 9.11. The molecule has 0 aromatic heterocycles. The molecule has 2 saturated heterocycles. The Balaban J connectivity index is 1.53. The molecule has 0 saturated carbocycles. The van der Waals surface area contributed by atoms with Gasteiger partial charge in [-0.15, -0.1) is 0 Å². The van der Waals surface area contributed by atoms with Gasteiger partial charge in [0.25, 0.3) is 0 Å². The van der Waals surface area contributed by atoms with E-state index in [2.05, 4.69) is 5.32 Å². The molecule has 2 heterocycles. The summed E-state index contributed by atoms with van der Waals surface area (Å²) in [4.78, 5) is 40.4. The first-order chi connectivity index (χ1) is 14.0. The van der Waals surface area contributed by atoms with Gasteiger partial charge in [-0.1, -0.05) is 6.07 Å². The van der Waals surface area contributed by atoms with Gasteiger partial charge in [0.15, 0.2) is 0 Å². The minimum absolute atomic E-state index is 0.0488. The number of alkyl carbamates (subject to hydrolysis) is 1. The minimum Gasteiger partial charge on any atom is -0.444 e. The van der Waals surface area contributed by atoms with Gasteiger partial charge in [-0.05, 0) is 58.2 Å². The molecule has 1 atom stereocenters. The smallest absolute Gasteiger partial charge is 0.407 e. The summed E-state index contributed by atoms with van der Waals surface area (Å²) in [7, 11) is 0. The molecule has 164 valence electrons. The van der Waals surface area contributed by atoms with Crippen molar-refractivity contribution in [2.45, 2.75) is 58.6 Å². The minimum atomic E-state index is -0.557. The summed E-state index contributed by atoms with van der Waals surface area (Å²) in [5.74, 6) is -1.26. The molecule has 1 N–H and O–H groups in total. The molecule has 2 fully saturated rings. The highest BCUT2D eigenvalue weighted by molar-refractivity contribution is 6.00. The van der Waals surface area contributed by atoms with Crippen LogP contribution in [0.25, 0.3) is 0 Å². The topological polar surface area (TPSA) is 79.0 Å². The summed E-state index contributed by atoms with van der Waals surface area (Å²) in [6, 6.07) is 4.68. The number of anilines is 1. The number of nitrogens with zero attached hydrogens (tertiary/aromatic N) is 2. The van der Waals surface area contributed by atoms with Crippen LogP contribution in [-0.4, -0.2) is 54.1 Å². The zero-order valence-corrected chi connectivity index (χ0v) is 18.0. The van der Waals surface area contributed by atoms with Crippen LogP contribution in [0.1, 0.15) is 45.6 Å². The van der Waals surface area contributed by atoms with Crippen LogP contribution in [0.5, 0.6) is 0 Å². The first-order valence-electron chi connectivity index (χ1n) is 10.4. The predicted molar refractivity (Wildman–Crippen MR) is 111 cm³/mol. The predicted octanol–water partition coefficient (Wildman–Crippen LogP) is 3.00. The van der Waals surface area contributed by atoms with Crippen molar-refractivity contribution in [3.05, 3.63) is 29.6 Å². The number of amides is 3. The van der Waals surface area contributed by atoms with E-state index in [0.29, 0.717) is 25.9 Å². The normalized spacial score (nSPS) is 20.4. The van der Waals surface area contributed by atoms with E-state index in [1.54, 1.807) is 24.0 Å². The number of hydrogen-bond donors (Lipinski definition) is 1. The van der Waals surface area contributed by atoms with Crippen molar-refractivity contribution in [1.29, 1.82) is 0 Å². The summed E-state index contributed by atoms with van der Waals surface area (Å²) in [6.07, 6.45) is 0.885. The number of aryl methyl sites for hydroxylation is 1. The van der Waals surface area contributed by atoms with Gasteiger partial charge < -0.3 is 19.9 Å². The lowest BCUT2D eigenvalue weighted by molar-refractivity contribution is -0.136. The van der Waals surface area contributed by atoms with Crippen LogP contribution in [0, 0.1) is 18.7 Å². The SMILES string of the molecule is Cc1ccc(N2CC(C(=O)N3CCC(NC(=O)OC(C)(C)C)CC3)CC2=O)c(F)c1. The molecule has 3 amide bonds. The Labute approximate surface area is 176 Å². The highest BCUT2D eigenvalue weighted by Crippen LogP contribution is 2.29. The van der Waals surface area contributed by atoms with Gasteiger partial charge in [0.1, 0.15) is 11.4 Å². The van der Waals surface area contributed by atoms with Crippen LogP contribution in [-0.2, 0) is 14.3 Å². The van der Waals surface area contributed by atoms with E-state index in [4.69, 9.17) is 4.74 Å². The van der Waals surface area contributed by atoms with E-state index in [9.17, 15) is 18.8 Å². The third-order valence-electron chi connectivity index (χ3n) is 5.40. The Bertz CT molecular complexity index is 828. The molecule has 2 aliphatic rings. The summed E-state index contributed by atoms with van der Waals surface area (Å²) < 4.78 is 19.5. The van der Waals surface area contributed by atoms with Gasteiger partial charge in [-0.25, -0.2) is 9.18 Å². The number of carbonyl (C=O) groups excluding carboxylic acids is 3. The number of ether oxygens (including phenoxy) is 1. The average Bonchev–Trinajstić information content (AvgIpc) is 3.01. The first-order valence-corrected chi connectivity index (χ1v) is 10.4. The van der Waals surface area contributed by atoms with Gasteiger partial charge in [0.05, 0.1) is 11.6 Å². The van der Waals surface area contributed by atoms with E-state index in [1.807, 2.05) is 20.8 Å². The van der Waals surface area contributed by atoms with E-state index in [-0.39, 0.29) is 36.5 Å². The van der Waals surface area contributed by atoms with Gasteiger partial charge in [-0.2, -0.15) is 0 Å². The van der Waals surface area contributed by atoms with Crippen LogP contribution in [0.3, 0.4) is 0 Å². The second-order valence-corrected chi connectivity index (χ2v) is 9.11. The maximum Gasteiger partial charge on any atom is 0.407 e. The number of halogens is 1. The quantitative estimate of drug-likeness (QED) is 0.817. The highest BCUT2D eigenvalue weighted by atomic mass is 19.1. The molecule has 1 aromatic carbocycles. The van der Waals surface area contributed by atoms with Gasteiger partial charge in [-0.3, -0.25) is 9.59 Å². The van der Waals surface area contributed by atoms with Crippen LogP contribution in [0.15, 0.2) is 18.2 Å². The van der Waals surface area contributed by atoms with Crippen molar-refractivity contribution in [3.63, 3.8) is 0 Å². The van der Waals surface area contributed by atoms with Crippen molar-refractivity contribution in [3.8, 4) is 0 Å². The average molecular weight is 419 g/mol. The van der Waals surface area contributed by atoms with Gasteiger partial charge >= 0.3 is 6.09 Å². The fourth-order valence-electron chi connectivity index (χ4n) is 3.91. The second kappa shape index (κ2) is 8.62. The van der Waals surface area contributed by atoms with Crippen molar-refractivity contribution in [1.82, 2.24) is 10.2 Å². The highest BCUT2D eigenvalue weighted by Gasteiger charge is 2.39. The standard InChI is InChI=1S/C22H30FN3O4/c1-14-5-6-18(17(23)11-14)26-13-15(12-19(26)27)20(28)25-9-7-16(8-10-25)24-21(29)30-22(2,3)4/h5-6,11,15-16H,7-10,12-13H2,1-4H3,(H,24,29). The lowest BCUT2D eigenvalue weighted by Gasteiger charge is -2.34. The molecule has 0 aliphatic carbocycles. The van der Waals surface area contributed by atoms with Gasteiger partial charge in [0.2, 0.25) is 11.8 Å². The molecule has 0 bridgehead atoms. The van der Waals surface area contributed by atoms with Crippen molar-refractivity contribution < 1.29 is 23.5 Å². The third-order valence-corrected chi connectivity index (χ3v) is 5.40. The molecular weight excluding hydrogens is 389 g/mol. The molecule has 8 heteroatoms. The van der Waals surface area contributed by atoms with E-state index < -0.39 is 23.4 Å². The van der Waals surface area contributed by atoms with Gasteiger partial charge in [0, 0.05) is 32.1 Å². The van der Waals surface area contributed by atoms with E-state index >= 15 is 0 Å². The summed E-state index contributed by atoms with van der Waals surface area (Å²) in [5.41, 5.74) is 0.443. The van der Waals surface area contributed by atoms with Crippen molar-refractivity contribution in [2.75, 3.05) is 24.5 Å². The molecule has 1 aromatic rings. The van der Waals surface area contributed by atoms with Crippen molar-refractivity contribution >= 4 is 23.6 Å². The maximum absolute atomic E-state index is 14.3. The third kappa shape index (κ3) is 5.29. The number of nitrogens with one attached hydrogen (secondary N) is 1. The van der Waals surface area contributed by atoms with Crippen LogP contribution >= 0.6 is 0 Å². The number of carbonyl (C=O) groups is 3. The monoisotopic (exact) mass is 419 g/mol. The van der Waals surface area contributed by atoms with E-state index in [1.165, 1.54) is 11.0 Å². The molecule has 7 nitrogen and oxygen atoms in total. The molecule has 2 aliphatic heterocycles. The Hall–Kier alpha value is -2.64. The number of benzene rings is 1. The number of hydrogen-bond acceptors (Lipinski definition) is 4. The molecule has 0 spiro atoms. The zero-order chi connectivity index (χ0) is 22.1. The largest absolute Gasteiger partial charge is 0.444 e. The molecule has 0 radical (unpaired) electrons. The Morgan fingerprint density at radius 3 is 2.47 bits per heavy atom. The Morgan fingerprint density at radius 2 is 1.87 bits per heavy atom. The van der Waals surface area contributed by atoms with Crippen LogP contribution in [0.2, 0.25) is 0 Å². The fourth-order valence-corrected chi connectivity index (χ4v) is 3.91. The van der Waals surface area contributed by atoms with Crippen molar-refractivity contribution in [2.24, 2.45) is 5.92 Å². The summed E-state index contributed by atoms with van der Waals surface area (Å²) in [6.45, 7) is 8.40. The number of piperidine rings is 1. The van der Waals surface area contributed by atoms with Crippen LogP contribution in [0.4, 0.5) is 14.9 Å². The Morgan fingerprint density at radius 1 is 1.20 bits per heavy atom. The molecule has 1 unspecified atom stereocenters. The molecular formula is C22H30FN3O4. The fraction of sp³-hybridized carbons (Fsp3) is 0.591. The van der Waals surface area contributed by atoms with E-state index in [0.717, 1.165) is 5.56 Å².